The normalized spacial score (nSPS) is 22.1. The largest absolute Gasteiger partial charge is 0.349 e. The maximum absolute atomic E-state index is 13.3. The van der Waals surface area contributed by atoms with Gasteiger partial charge in [0.25, 0.3) is 0 Å². The third kappa shape index (κ3) is 8.60. The zero-order chi connectivity index (χ0) is 26.0. The van der Waals surface area contributed by atoms with Gasteiger partial charge in [-0.15, -0.1) is 0 Å². The van der Waals surface area contributed by atoms with E-state index in [2.05, 4.69) is 16.0 Å². The van der Waals surface area contributed by atoms with E-state index in [9.17, 15) is 18.0 Å². The second kappa shape index (κ2) is 13.4. The van der Waals surface area contributed by atoms with Crippen LogP contribution in [0.5, 0.6) is 0 Å². The number of rotatable bonds is 7. The summed E-state index contributed by atoms with van der Waals surface area (Å²) in [5.41, 5.74) is 0.716. The van der Waals surface area contributed by atoms with Gasteiger partial charge in [-0.2, -0.15) is 0 Å². The first kappa shape index (κ1) is 27.6. The highest BCUT2D eigenvalue weighted by atomic mass is 32.2. The van der Waals surface area contributed by atoms with Crippen molar-refractivity contribution in [2.24, 2.45) is 5.92 Å². The minimum atomic E-state index is -3.60. The number of amides is 2. The van der Waals surface area contributed by atoms with Crippen LogP contribution in [0.2, 0.25) is 0 Å². The molecule has 8 heteroatoms. The van der Waals surface area contributed by atoms with Gasteiger partial charge in [0.15, 0.2) is 9.84 Å². The molecule has 0 aromatic heterocycles. The number of benzene rings is 2. The molecule has 0 aliphatic carbocycles. The molecule has 1 saturated heterocycles. The van der Waals surface area contributed by atoms with Gasteiger partial charge in [0.2, 0.25) is 11.8 Å². The van der Waals surface area contributed by atoms with Crippen LogP contribution in [0.3, 0.4) is 0 Å². The summed E-state index contributed by atoms with van der Waals surface area (Å²) in [6.07, 6.45) is 5.87. The minimum Gasteiger partial charge on any atom is -0.349 e. The van der Waals surface area contributed by atoms with Gasteiger partial charge in [0, 0.05) is 17.1 Å². The summed E-state index contributed by atoms with van der Waals surface area (Å²) in [5, 5.41) is 10.5. The van der Waals surface area contributed by atoms with Gasteiger partial charge >= 0.3 is 0 Å². The highest BCUT2D eigenvalue weighted by Crippen LogP contribution is 2.17. The van der Waals surface area contributed by atoms with E-state index in [1.807, 2.05) is 44.2 Å². The number of sulfone groups is 1. The van der Waals surface area contributed by atoms with Crippen molar-refractivity contribution in [2.75, 3.05) is 5.32 Å². The lowest BCUT2D eigenvalue weighted by Crippen LogP contribution is -2.53. The number of hydrogen-bond acceptors (Lipinski definition) is 5. The monoisotopic (exact) mass is 511 g/mol. The molecule has 1 aliphatic rings. The van der Waals surface area contributed by atoms with E-state index in [-0.39, 0.29) is 22.6 Å². The van der Waals surface area contributed by atoms with Gasteiger partial charge in [-0.05, 0) is 49.4 Å². The van der Waals surface area contributed by atoms with Crippen LogP contribution < -0.4 is 16.0 Å². The molecule has 2 aromatic rings. The molecule has 7 nitrogen and oxygen atoms in total. The molecule has 0 bridgehead atoms. The smallest absolute Gasteiger partial charge is 0.241 e. The maximum atomic E-state index is 13.3. The molecular formula is C28H37N3O4S. The van der Waals surface area contributed by atoms with E-state index >= 15 is 0 Å². The van der Waals surface area contributed by atoms with Gasteiger partial charge in [0.1, 0.15) is 0 Å². The van der Waals surface area contributed by atoms with E-state index in [0.29, 0.717) is 24.9 Å². The van der Waals surface area contributed by atoms with Crippen molar-refractivity contribution in [3.8, 4) is 0 Å². The molecule has 2 amide bonds. The lowest BCUT2D eigenvalue weighted by Gasteiger charge is -2.26. The fraction of sp³-hybridized carbons (Fsp3) is 0.429. The number of anilines is 1. The Morgan fingerprint density at radius 1 is 1.00 bits per heavy atom. The van der Waals surface area contributed by atoms with Crippen LogP contribution >= 0.6 is 0 Å². The van der Waals surface area contributed by atoms with Gasteiger partial charge in [0.05, 0.1) is 17.0 Å². The number of carbonyl (C=O) groups is 2. The molecule has 194 valence electrons. The van der Waals surface area contributed by atoms with Crippen LogP contribution in [0.15, 0.2) is 77.0 Å². The lowest BCUT2D eigenvalue weighted by atomic mass is 10.0. The van der Waals surface area contributed by atoms with Gasteiger partial charge < -0.3 is 10.6 Å². The second-order valence-electron chi connectivity index (χ2n) is 9.70. The third-order valence-electron chi connectivity index (χ3n) is 6.18. The van der Waals surface area contributed by atoms with Crippen molar-refractivity contribution >= 4 is 27.3 Å². The first-order valence-corrected chi connectivity index (χ1v) is 14.2. The summed E-state index contributed by atoms with van der Waals surface area (Å²) in [4.78, 5) is 26.6. The number of hydrogen-bond donors (Lipinski definition) is 3. The Hall–Kier alpha value is -2.97. The van der Waals surface area contributed by atoms with Crippen molar-refractivity contribution in [3.05, 3.63) is 72.1 Å². The van der Waals surface area contributed by atoms with E-state index in [4.69, 9.17) is 0 Å². The van der Waals surface area contributed by atoms with Crippen LogP contribution in [-0.2, 0) is 19.4 Å². The van der Waals surface area contributed by atoms with E-state index in [1.54, 1.807) is 36.4 Å². The van der Waals surface area contributed by atoms with Gasteiger partial charge in [-0.1, -0.05) is 75.6 Å². The standard InChI is InChI=1S/C28H37N3O4S/c1-21(2)20-26-28(33)30-23(18-19-36(34,35)24-15-9-5-10-16-24)14-8-4-11-17-25(31-26)27(32)29-22-12-6-3-7-13-22/h3,5-7,9-10,12-13,15-16,18-19,21,23,25-26,31H,4,8,11,14,17,20H2,1-2H3,(H,29,32)(H,30,33)/b19-18+/t23-,25+,26-/m0/s1. The van der Waals surface area contributed by atoms with Crippen molar-refractivity contribution in [3.63, 3.8) is 0 Å². The molecular weight excluding hydrogens is 474 g/mol. The molecule has 0 spiro atoms. The Morgan fingerprint density at radius 2 is 1.64 bits per heavy atom. The molecule has 1 aliphatic heterocycles. The summed E-state index contributed by atoms with van der Waals surface area (Å²) < 4.78 is 25.4. The Labute approximate surface area is 214 Å². The average molecular weight is 512 g/mol. The van der Waals surface area contributed by atoms with Gasteiger partial charge in [-0.3, -0.25) is 14.9 Å². The van der Waals surface area contributed by atoms with E-state index in [1.165, 1.54) is 5.41 Å². The topological polar surface area (TPSA) is 104 Å². The average Bonchev–Trinajstić information content (AvgIpc) is 2.89. The molecule has 1 heterocycles. The molecule has 3 atom stereocenters. The molecule has 0 unspecified atom stereocenters. The molecule has 36 heavy (non-hydrogen) atoms. The third-order valence-corrected chi connectivity index (χ3v) is 7.63. The highest BCUT2D eigenvalue weighted by molar-refractivity contribution is 7.94. The fourth-order valence-electron chi connectivity index (χ4n) is 4.28. The summed E-state index contributed by atoms with van der Waals surface area (Å²) >= 11 is 0. The minimum absolute atomic E-state index is 0.160. The first-order chi connectivity index (χ1) is 17.2. The first-order valence-electron chi connectivity index (χ1n) is 12.7. The van der Waals surface area contributed by atoms with Crippen LogP contribution in [-0.4, -0.2) is 38.4 Å². The Morgan fingerprint density at radius 3 is 2.31 bits per heavy atom. The quantitative estimate of drug-likeness (QED) is 0.510. The molecule has 2 aromatic carbocycles. The summed E-state index contributed by atoms with van der Waals surface area (Å²) in [7, 11) is -3.60. The van der Waals surface area contributed by atoms with E-state index in [0.717, 1.165) is 19.3 Å². The second-order valence-corrected chi connectivity index (χ2v) is 11.5. The summed E-state index contributed by atoms with van der Waals surface area (Å²) in [5.74, 6) is -0.161. The summed E-state index contributed by atoms with van der Waals surface area (Å²) in [6.45, 7) is 4.06. The SMILES string of the molecule is CC(C)C[C@@H]1N[C@@H](C(=O)Nc2ccccc2)CCCCC[C@@H](/C=C/S(=O)(=O)c2ccccc2)NC1=O. The zero-order valence-corrected chi connectivity index (χ0v) is 21.8. The van der Waals surface area contributed by atoms with Crippen LogP contribution in [0.4, 0.5) is 5.69 Å². The van der Waals surface area contributed by atoms with Crippen molar-refractivity contribution in [1.82, 2.24) is 10.6 Å². The van der Waals surface area contributed by atoms with Crippen molar-refractivity contribution < 1.29 is 18.0 Å². The van der Waals surface area contributed by atoms with E-state index < -0.39 is 28.0 Å². The lowest BCUT2D eigenvalue weighted by molar-refractivity contribution is -0.125. The van der Waals surface area contributed by atoms with Crippen LogP contribution in [0.25, 0.3) is 0 Å². The maximum Gasteiger partial charge on any atom is 0.241 e. The fourth-order valence-corrected chi connectivity index (χ4v) is 5.37. The number of nitrogens with one attached hydrogen (secondary N) is 3. The van der Waals surface area contributed by atoms with Crippen LogP contribution in [0.1, 0.15) is 52.4 Å². The Kier molecular flexibility index (Phi) is 10.3. The van der Waals surface area contributed by atoms with Crippen molar-refractivity contribution in [1.29, 1.82) is 0 Å². The molecule has 0 saturated carbocycles. The molecule has 3 N–H and O–H groups in total. The Bertz CT molecular complexity index is 1120. The molecule has 1 fully saturated rings. The summed E-state index contributed by atoms with van der Waals surface area (Å²) in [6, 6.07) is 16.0. The number of carbonyl (C=O) groups excluding carboxylic acids is 2. The molecule has 3 rings (SSSR count). The number of para-hydroxylation sites is 1. The predicted octanol–water partition coefficient (Wildman–Crippen LogP) is 4.43. The highest BCUT2D eigenvalue weighted by Gasteiger charge is 2.28. The Balaban J connectivity index is 1.76. The molecule has 0 radical (unpaired) electrons. The predicted molar refractivity (Wildman–Crippen MR) is 143 cm³/mol. The van der Waals surface area contributed by atoms with Crippen LogP contribution in [0, 0.1) is 5.92 Å². The van der Waals surface area contributed by atoms with Gasteiger partial charge in [-0.25, -0.2) is 8.42 Å². The van der Waals surface area contributed by atoms with Crippen molar-refractivity contribution in [2.45, 2.75) is 75.4 Å². The zero-order valence-electron chi connectivity index (χ0n) is 21.0.